The molecule has 3 nitrogen and oxygen atoms in total. The van der Waals surface area contributed by atoms with Crippen molar-refractivity contribution in [2.45, 2.75) is 12.5 Å². The number of nitrogens with zero attached hydrogens (tertiary/aromatic N) is 2. The van der Waals surface area contributed by atoms with Gasteiger partial charge in [0, 0.05) is 30.7 Å². The van der Waals surface area contributed by atoms with E-state index < -0.39 is 6.10 Å². The molecule has 0 aliphatic carbocycles. The number of aromatic nitrogens is 2. The lowest BCUT2D eigenvalue weighted by Gasteiger charge is -2.09. The molecule has 0 bridgehead atoms. The molecule has 0 spiro atoms. The number of aliphatic hydroxyl groups excluding tert-OH is 1. The highest BCUT2D eigenvalue weighted by molar-refractivity contribution is 5.16. The molecule has 1 atom stereocenters. The SMILES string of the molecule is OC(Cc1ccccn1)c1ccncc1. The lowest BCUT2D eigenvalue weighted by Crippen LogP contribution is -2.02. The van der Waals surface area contributed by atoms with E-state index in [1.54, 1.807) is 18.6 Å². The summed E-state index contributed by atoms with van der Waals surface area (Å²) in [7, 11) is 0. The minimum Gasteiger partial charge on any atom is -0.388 e. The van der Waals surface area contributed by atoms with Crippen molar-refractivity contribution < 1.29 is 5.11 Å². The molecule has 0 saturated heterocycles. The third kappa shape index (κ3) is 2.60. The number of pyridine rings is 2. The first-order chi connectivity index (χ1) is 7.36. The molecule has 0 fully saturated rings. The van der Waals surface area contributed by atoms with Gasteiger partial charge in [-0.2, -0.15) is 0 Å². The summed E-state index contributed by atoms with van der Waals surface area (Å²) in [6, 6.07) is 9.32. The molecule has 0 aromatic carbocycles. The molecule has 1 unspecified atom stereocenters. The van der Waals surface area contributed by atoms with Crippen molar-refractivity contribution in [2.75, 3.05) is 0 Å². The molecule has 0 aliphatic heterocycles. The predicted octanol–water partition coefficient (Wildman–Crippen LogP) is 1.75. The van der Waals surface area contributed by atoms with Gasteiger partial charge in [-0.3, -0.25) is 9.97 Å². The Labute approximate surface area is 88.5 Å². The molecule has 2 aromatic heterocycles. The largest absolute Gasteiger partial charge is 0.388 e. The summed E-state index contributed by atoms with van der Waals surface area (Å²) in [4.78, 5) is 8.08. The standard InChI is InChI=1S/C12H12N2O/c15-12(10-4-7-13-8-5-10)9-11-3-1-2-6-14-11/h1-8,12,15H,9H2. The maximum absolute atomic E-state index is 9.91. The molecular formula is C12H12N2O. The van der Waals surface area contributed by atoms with Gasteiger partial charge in [-0.1, -0.05) is 6.07 Å². The van der Waals surface area contributed by atoms with Gasteiger partial charge in [0.2, 0.25) is 0 Å². The van der Waals surface area contributed by atoms with Crippen LogP contribution in [-0.4, -0.2) is 15.1 Å². The van der Waals surface area contributed by atoms with Crippen molar-refractivity contribution in [1.29, 1.82) is 0 Å². The minimum atomic E-state index is -0.511. The zero-order valence-corrected chi connectivity index (χ0v) is 8.24. The van der Waals surface area contributed by atoms with Crippen LogP contribution in [0.1, 0.15) is 17.4 Å². The fourth-order valence-electron chi connectivity index (χ4n) is 1.42. The van der Waals surface area contributed by atoms with Gasteiger partial charge in [0.05, 0.1) is 6.10 Å². The summed E-state index contributed by atoms with van der Waals surface area (Å²) in [5, 5.41) is 9.91. The second kappa shape index (κ2) is 4.66. The summed E-state index contributed by atoms with van der Waals surface area (Å²) >= 11 is 0. The Morgan fingerprint density at radius 1 is 1.07 bits per heavy atom. The smallest absolute Gasteiger partial charge is 0.0846 e. The normalized spacial score (nSPS) is 12.3. The number of rotatable bonds is 3. The highest BCUT2D eigenvalue weighted by Gasteiger charge is 2.08. The first-order valence-electron chi connectivity index (χ1n) is 4.84. The molecular weight excluding hydrogens is 188 g/mol. The van der Waals surface area contributed by atoms with Crippen LogP contribution in [0.2, 0.25) is 0 Å². The first kappa shape index (κ1) is 9.80. The quantitative estimate of drug-likeness (QED) is 0.821. The monoisotopic (exact) mass is 200 g/mol. The summed E-state index contributed by atoms with van der Waals surface area (Å²) in [5.74, 6) is 0. The van der Waals surface area contributed by atoms with E-state index in [4.69, 9.17) is 0 Å². The van der Waals surface area contributed by atoms with Crippen molar-refractivity contribution in [3.8, 4) is 0 Å². The van der Waals surface area contributed by atoms with Crippen molar-refractivity contribution in [1.82, 2.24) is 9.97 Å². The van der Waals surface area contributed by atoms with Crippen molar-refractivity contribution >= 4 is 0 Å². The minimum absolute atomic E-state index is 0.511. The Bertz CT molecular complexity index is 402. The van der Waals surface area contributed by atoms with Crippen molar-refractivity contribution in [2.24, 2.45) is 0 Å². The molecule has 0 aliphatic rings. The van der Waals surface area contributed by atoms with Crippen LogP contribution in [0.5, 0.6) is 0 Å². The highest BCUT2D eigenvalue weighted by Crippen LogP contribution is 2.15. The van der Waals surface area contributed by atoms with Gasteiger partial charge in [0.1, 0.15) is 0 Å². The summed E-state index contributed by atoms with van der Waals surface area (Å²) in [5.41, 5.74) is 1.76. The number of hydrogen-bond acceptors (Lipinski definition) is 3. The maximum atomic E-state index is 9.91. The number of aliphatic hydroxyl groups is 1. The van der Waals surface area contributed by atoms with Gasteiger partial charge >= 0.3 is 0 Å². The lowest BCUT2D eigenvalue weighted by atomic mass is 10.1. The summed E-state index contributed by atoms with van der Waals surface area (Å²) in [6.07, 6.45) is 5.11. The molecule has 15 heavy (non-hydrogen) atoms. The first-order valence-corrected chi connectivity index (χ1v) is 4.84. The fourth-order valence-corrected chi connectivity index (χ4v) is 1.42. The van der Waals surface area contributed by atoms with Gasteiger partial charge in [-0.15, -0.1) is 0 Å². The Balaban J connectivity index is 2.08. The topological polar surface area (TPSA) is 46.0 Å². The van der Waals surface area contributed by atoms with E-state index >= 15 is 0 Å². The third-order valence-electron chi connectivity index (χ3n) is 2.22. The molecule has 2 aromatic rings. The van der Waals surface area contributed by atoms with Gasteiger partial charge in [0.25, 0.3) is 0 Å². The Morgan fingerprint density at radius 2 is 1.87 bits per heavy atom. The zero-order chi connectivity index (χ0) is 10.5. The van der Waals surface area contributed by atoms with Gasteiger partial charge < -0.3 is 5.11 Å². The lowest BCUT2D eigenvalue weighted by molar-refractivity contribution is 0.177. The third-order valence-corrected chi connectivity index (χ3v) is 2.22. The zero-order valence-electron chi connectivity index (χ0n) is 8.24. The predicted molar refractivity (Wildman–Crippen MR) is 57.1 cm³/mol. The van der Waals surface area contributed by atoms with Gasteiger partial charge in [-0.25, -0.2) is 0 Å². The van der Waals surface area contributed by atoms with E-state index in [0.717, 1.165) is 11.3 Å². The molecule has 3 heteroatoms. The fraction of sp³-hybridized carbons (Fsp3) is 0.167. The average Bonchev–Trinajstić information content (AvgIpc) is 2.31. The Morgan fingerprint density at radius 3 is 2.53 bits per heavy atom. The second-order valence-electron chi connectivity index (χ2n) is 3.32. The van der Waals surface area contributed by atoms with Crippen LogP contribution in [0, 0.1) is 0 Å². The summed E-state index contributed by atoms with van der Waals surface area (Å²) in [6.45, 7) is 0. The van der Waals surface area contributed by atoms with Crippen LogP contribution < -0.4 is 0 Å². The average molecular weight is 200 g/mol. The highest BCUT2D eigenvalue weighted by atomic mass is 16.3. The van der Waals surface area contributed by atoms with Crippen LogP contribution in [0.3, 0.4) is 0 Å². The van der Waals surface area contributed by atoms with Crippen LogP contribution in [0.15, 0.2) is 48.9 Å². The molecule has 2 heterocycles. The molecule has 0 saturated carbocycles. The molecule has 76 valence electrons. The van der Waals surface area contributed by atoms with Crippen LogP contribution in [0.25, 0.3) is 0 Å². The van der Waals surface area contributed by atoms with Gasteiger partial charge in [0.15, 0.2) is 0 Å². The molecule has 1 N–H and O–H groups in total. The van der Waals surface area contributed by atoms with E-state index in [1.807, 2.05) is 30.3 Å². The summed E-state index contributed by atoms with van der Waals surface area (Å²) < 4.78 is 0. The van der Waals surface area contributed by atoms with Crippen LogP contribution in [0.4, 0.5) is 0 Å². The number of hydrogen-bond donors (Lipinski definition) is 1. The van der Waals surface area contributed by atoms with Crippen LogP contribution in [-0.2, 0) is 6.42 Å². The Hall–Kier alpha value is -1.74. The van der Waals surface area contributed by atoms with Crippen molar-refractivity contribution in [3.63, 3.8) is 0 Å². The molecule has 0 amide bonds. The van der Waals surface area contributed by atoms with E-state index in [-0.39, 0.29) is 0 Å². The second-order valence-corrected chi connectivity index (χ2v) is 3.32. The van der Waals surface area contributed by atoms with Crippen LogP contribution >= 0.6 is 0 Å². The van der Waals surface area contributed by atoms with E-state index in [9.17, 15) is 5.11 Å². The van der Waals surface area contributed by atoms with E-state index in [2.05, 4.69) is 9.97 Å². The van der Waals surface area contributed by atoms with E-state index in [1.165, 1.54) is 0 Å². The van der Waals surface area contributed by atoms with Gasteiger partial charge in [-0.05, 0) is 29.8 Å². The maximum Gasteiger partial charge on any atom is 0.0846 e. The van der Waals surface area contributed by atoms with E-state index in [0.29, 0.717) is 6.42 Å². The van der Waals surface area contributed by atoms with Crippen molar-refractivity contribution in [3.05, 3.63) is 60.2 Å². The molecule has 2 rings (SSSR count). The Kier molecular flexibility index (Phi) is 3.05. The molecule has 0 radical (unpaired) electrons.